The van der Waals surface area contributed by atoms with Crippen molar-refractivity contribution in [2.24, 2.45) is 0 Å². The summed E-state index contributed by atoms with van der Waals surface area (Å²) >= 11 is 0. The summed E-state index contributed by atoms with van der Waals surface area (Å²) in [6.07, 6.45) is 0.523. The topological polar surface area (TPSA) is 88.3 Å². The first-order valence-corrected chi connectivity index (χ1v) is 9.13. The quantitative estimate of drug-likeness (QED) is 0.739. The number of hydrogen-bond donors (Lipinski definition) is 1. The van der Waals surface area contributed by atoms with E-state index in [1.807, 2.05) is 61.5 Å². The van der Waals surface area contributed by atoms with Crippen LogP contribution in [0.3, 0.4) is 0 Å². The van der Waals surface area contributed by atoms with Crippen LogP contribution >= 0.6 is 0 Å². The molecular formula is C21H20N4O3. The molecule has 2 heterocycles. The first kappa shape index (κ1) is 17.9. The van der Waals surface area contributed by atoms with E-state index in [2.05, 4.69) is 15.5 Å². The molecule has 1 N–H and O–H groups in total. The van der Waals surface area contributed by atoms with Gasteiger partial charge in [-0.3, -0.25) is 14.9 Å². The normalized spacial score (nSPS) is 16.4. The number of carbonyl (C=O) groups excluding carboxylic acids is 2. The molecule has 1 aliphatic rings. The SMILES string of the molecule is Cc1ccc(CC(=O)Nc2nnc(C3CC(=O)N(c4ccccc4)C3)o2)cc1. The predicted molar refractivity (Wildman–Crippen MR) is 104 cm³/mol. The maximum atomic E-state index is 12.3. The van der Waals surface area contributed by atoms with Crippen LogP contribution in [0, 0.1) is 6.92 Å². The second-order valence-corrected chi connectivity index (χ2v) is 6.90. The van der Waals surface area contributed by atoms with Gasteiger partial charge in [-0.25, -0.2) is 0 Å². The zero-order valence-electron chi connectivity index (χ0n) is 15.5. The third kappa shape index (κ3) is 3.93. The first-order chi connectivity index (χ1) is 13.6. The molecule has 1 saturated heterocycles. The highest BCUT2D eigenvalue weighted by Crippen LogP contribution is 2.31. The molecule has 1 fully saturated rings. The molecule has 2 amide bonds. The zero-order valence-corrected chi connectivity index (χ0v) is 15.5. The molecule has 1 aromatic heterocycles. The number of amides is 2. The van der Waals surface area contributed by atoms with Crippen molar-refractivity contribution >= 4 is 23.5 Å². The highest BCUT2D eigenvalue weighted by molar-refractivity contribution is 5.96. The van der Waals surface area contributed by atoms with Crippen LogP contribution in [0.1, 0.15) is 29.4 Å². The third-order valence-corrected chi connectivity index (χ3v) is 4.71. The second-order valence-electron chi connectivity index (χ2n) is 6.90. The van der Waals surface area contributed by atoms with Gasteiger partial charge < -0.3 is 9.32 Å². The fourth-order valence-corrected chi connectivity index (χ4v) is 3.24. The van der Waals surface area contributed by atoms with Gasteiger partial charge in [0.2, 0.25) is 17.7 Å². The molecule has 3 aromatic rings. The van der Waals surface area contributed by atoms with E-state index in [-0.39, 0.29) is 30.2 Å². The molecule has 7 heteroatoms. The summed E-state index contributed by atoms with van der Waals surface area (Å²) in [5.41, 5.74) is 2.89. The van der Waals surface area contributed by atoms with Gasteiger partial charge in [-0.15, -0.1) is 5.10 Å². The zero-order chi connectivity index (χ0) is 19.5. The van der Waals surface area contributed by atoms with E-state index >= 15 is 0 Å². The van der Waals surface area contributed by atoms with Crippen molar-refractivity contribution in [1.82, 2.24) is 10.2 Å². The van der Waals surface area contributed by atoms with E-state index in [9.17, 15) is 9.59 Å². The number of benzene rings is 2. The maximum absolute atomic E-state index is 12.3. The minimum absolute atomic E-state index is 0.0133. The summed E-state index contributed by atoms with van der Waals surface area (Å²) < 4.78 is 5.59. The molecular weight excluding hydrogens is 356 g/mol. The van der Waals surface area contributed by atoms with Gasteiger partial charge in [-0.1, -0.05) is 53.1 Å². The summed E-state index contributed by atoms with van der Waals surface area (Å²) in [6, 6.07) is 17.3. The summed E-state index contributed by atoms with van der Waals surface area (Å²) in [5.74, 6) is -0.0489. The molecule has 1 aliphatic heterocycles. The van der Waals surface area contributed by atoms with Crippen molar-refractivity contribution in [3.63, 3.8) is 0 Å². The van der Waals surface area contributed by atoms with Crippen molar-refractivity contribution < 1.29 is 14.0 Å². The fourth-order valence-electron chi connectivity index (χ4n) is 3.24. The number of nitrogens with zero attached hydrogens (tertiary/aromatic N) is 3. The Balaban J connectivity index is 1.38. The van der Waals surface area contributed by atoms with Gasteiger partial charge in [0.1, 0.15) is 0 Å². The smallest absolute Gasteiger partial charge is 0.322 e. The van der Waals surface area contributed by atoms with E-state index < -0.39 is 0 Å². The van der Waals surface area contributed by atoms with E-state index in [4.69, 9.17) is 4.42 Å². The monoisotopic (exact) mass is 376 g/mol. The Hall–Kier alpha value is -3.48. The summed E-state index contributed by atoms with van der Waals surface area (Å²) in [4.78, 5) is 26.2. The van der Waals surface area contributed by atoms with Gasteiger partial charge in [-0.05, 0) is 24.6 Å². The number of para-hydroxylation sites is 1. The van der Waals surface area contributed by atoms with Crippen molar-refractivity contribution in [3.05, 3.63) is 71.6 Å². The van der Waals surface area contributed by atoms with Gasteiger partial charge in [0.25, 0.3) is 0 Å². The molecule has 0 aliphatic carbocycles. The number of nitrogens with one attached hydrogen (secondary N) is 1. The second kappa shape index (κ2) is 7.64. The van der Waals surface area contributed by atoms with Crippen LogP contribution in [0.15, 0.2) is 59.0 Å². The fraction of sp³-hybridized carbons (Fsp3) is 0.238. The lowest BCUT2D eigenvalue weighted by atomic mass is 10.1. The molecule has 0 radical (unpaired) electrons. The molecule has 1 atom stereocenters. The van der Waals surface area contributed by atoms with E-state index in [0.29, 0.717) is 18.9 Å². The minimum atomic E-state index is -0.229. The number of anilines is 2. The first-order valence-electron chi connectivity index (χ1n) is 9.13. The van der Waals surface area contributed by atoms with E-state index in [0.717, 1.165) is 16.8 Å². The van der Waals surface area contributed by atoms with Crippen LogP contribution in [0.2, 0.25) is 0 Å². The number of carbonyl (C=O) groups is 2. The van der Waals surface area contributed by atoms with Crippen LogP contribution in [0.25, 0.3) is 0 Å². The number of aryl methyl sites for hydroxylation is 1. The Bertz CT molecular complexity index is 982. The van der Waals surface area contributed by atoms with Crippen molar-refractivity contribution in [3.8, 4) is 0 Å². The van der Waals surface area contributed by atoms with Crippen LogP contribution < -0.4 is 10.2 Å². The standard InChI is InChI=1S/C21H20N4O3/c1-14-7-9-15(10-8-14)11-18(26)22-21-24-23-20(28-21)16-12-19(27)25(13-16)17-5-3-2-4-6-17/h2-10,16H,11-13H2,1H3,(H,22,24,26). The average Bonchev–Trinajstić information content (AvgIpc) is 3.31. The summed E-state index contributed by atoms with van der Waals surface area (Å²) in [5, 5.41) is 10.5. The van der Waals surface area contributed by atoms with Crippen molar-refractivity contribution in [2.75, 3.05) is 16.8 Å². The lowest BCUT2D eigenvalue weighted by molar-refractivity contribution is -0.117. The number of aromatic nitrogens is 2. The van der Waals surface area contributed by atoms with Crippen LogP contribution in [-0.2, 0) is 16.0 Å². The van der Waals surface area contributed by atoms with Gasteiger partial charge in [0.15, 0.2) is 0 Å². The Labute approximate surface area is 162 Å². The van der Waals surface area contributed by atoms with Crippen LogP contribution in [-0.4, -0.2) is 28.6 Å². The highest BCUT2D eigenvalue weighted by atomic mass is 16.4. The molecule has 1 unspecified atom stereocenters. The predicted octanol–water partition coefficient (Wildman–Crippen LogP) is 3.08. The van der Waals surface area contributed by atoms with Gasteiger partial charge in [0.05, 0.1) is 12.3 Å². The van der Waals surface area contributed by atoms with Gasteiger partial charge in [-0.2, -0.15) is 0 Å². The summed E-state index contributed by atoms with van der Waals surface area (Å²) in [7, 11) is 0. The molecule has 0 saturated carbocycles. The Kier molecular flexibility index (Phi) is 4.89. The van der Waals surface area contributed by atoms with Gasteiger partial charge >= 0.3 is 6.01 Å². The average molecular weight is 376 g/mol. The Morgan fingerprint density at radius 3 is 2.64 bits per heavy atom. The number of hydrogen-bond acceptors (Lipinski definition) is 5. The van der Waals surface area contributed by atoms with Crippen molar-refractivity contribution in [2.45, 2.75) is 25.7 Å². The minimum Gasteiger partial charge on any atom is -0.407 e. The third-order valence-electron chi connectivity index (χ3n) is 4.71. The molecule has 7 nitrogen and oxygen atoms in total. The van der Waals surface area contributed by atoms with Crippen LogP contribution in [0.4, 0.5) is 11.7 Å². The maximum Gasteiger partial charge on any atom is 0.322 e. The van der Waals surface area contributed by atoms with Crippen molar-refractivity contribution in [1.29, 1.82) is 0 Å². The highest BCUT2D eigenvalue weighted by Gasteiger charge is 2.35. The Morgan fingerprint density at radius 1 is 1.14 bits per heavy atom. The van der Waals surface area contributed by atoms with Gasteiger partial charge in [0, 0.05) is 18.7 Å². The van der Waals surface area contributed by atoms with E-state index in [1.54, 1.807) is 4.90 Å². The number of rotatable bonds is 5. The largest absolute Gasteiger partial charge is 0.407 e. The lowest BCUT2D eigenvalue weighted by Crippen LogP contribution is -2.24. The van der Waals surface area contributed by atoms with E-state index in [1.165, 1.54) is 0 Å². The lowest BCUT2D eigenvalue weighted by Gasteiger charge is -2.15. The molecule has 0 spiro atoms. The molecule has 142 valence electrons. The Morgan fingerprint density at radius 2 is 1.89 bits per heavy atom. The summed E-state index contributed by atoms with van der Waals surface area (Å²) in [6.45, 7) is 2.47. The molecule has 28 heavy (non-hydrogen) atoms. The molecule has 2 aromatic carbocycles. The molecule has 0 bridgehead atoms. The molecule has 4 rings (SSSR count). The van der Waals surface area contributed by atoms with Crippen LogP contribution in [0.5, 0.6) is 0 Å².